The fraction of sp³-hybridized carbons (Fsp3) is 0.231. The summed E-state index contributed by atoms with van der Waals surface area (Å²) in [6.45, 7) is 3.55. The van der Waals surface area contributed by atoms with Gasteiger partial charge in [-0.15, -0.1) is 0 Å². The van der Waals surface area contributed by atoms with Crippen molar-refractivity contribution < 1.29 is 19.4 Å². The highest BCUT2D eigenvalue weighted by atomic mass is 16.5. The quantitative estimate of drug-likeness (QED) is 0.495. The van der Waals surface area contributed by atoms with Crippen LogP contribution in [0.1, 0.15) is 34.6 Å². The van der Waals surface area contributed by atoms with Gasteiger partial charge in [-0.05, 0) is 38.1 Å². The minimum Gasteiger partial charge on any atom is -0.507 e. The SMILES string of the molecule is COC(=O)c1ccc(O)c(C(=O)C=C(C)C)c1. The molecule has 0 bridgehead atoms. The maximum absolute atomic E-state index is 11.8. The van der Waals surface area contributed by atoms with Gasteiger partial charge in [0.1, 0.15) is 5.75 Å². The number of phenolic OH excluding ortho intramolecular Hbond substituents is 1. The molecule has 0 atom stereocenters. The minimum atomic E-state index is -0.545. The number of esters is 1. The molecule has 0 fully saturated rings. The van der Waals surface area contributed by atoms with Gasteiger partial charge in [0.05, 0.1) is 18.2 Å². The molecule has 0 spiro atoms. The Balaban J connectivity index is 3.19. The molecular formula is C13H14O4. The fourth-order valence-corrected chi connectivity index (χ4v) is 1.32. The lowest BCUT2D eigenvalue weighted by Crippen LogP contribution is -2.04. The zero-order valence-corrected chi connectivity index (χ0v) is 9.98. The fourth-order valence-electron chi connectivity index (χ4n) is 1.32. The molecule has 1 aromatic carbocycles. The Hall–Kier alpha value is -2.10. The highest BCUT2D eigenvalue weighted by Gasteiger charge is 2.13. The van der Waals surface area contributed by atoms with E-state index in [1.54, 1.807) is 13.8 Å². The first-order valence-corrected chi connectivity index (χ1v) is 5.06. The van der Waals surface area contributed by atoms with E-state index in [0.29, 0.717) is 0 Å². The molecule has 0 amide bonds. The Kier molecular flexibility index (Phi) is 4.04. The molecule has 0 aliphatic heterocycles. The second kappa shape index (κ2) is 5.30. The number of methoxy groups -OCH3 is 1. The number of carbonyl (C=O) groups excluding carboxylic acids is 2. The van der Waals surface area contributed by atoms with E-state index < -0.39 is 5.97 Å². The van der Waals surface area contributed by atoms with Crippen LogP contribution in [0.15, 0.2) is 29.8 Å². The maximum Gasteiger partial charge on any atom is 0.337 e. The third-order valence-corrected chi connectivity index (χ3v) is 2.10. The van der Waals surface area contributed by atoms with Crippen molar-refractivity contribution in [3.8, 4) is 5.75 Å². The lowest BCUT2D eigenvalue weighted by molar-refractivity contribution is 0.0600. The van der Waals surface area contributed by atoms with Crippen LogP contribution in [-0.4, -0.2) is 24.0 Å². The lowest BCUT2D eigenvalue weighted by atomic mass is 10.0. The van der Waals surface area contributed by atoms with E-state index in [4.69, 9.17) is 0 Å². The number of phenols is 1. The lowest BCUT2D eigenvalue weighted by Gasteiger charge is -2.04. The molecular weight excluding hydrogens is 220 g/mol. The number of ketones is 1. The van der Waals surface area contributed by atoms with Gasteiger partial charge in [0, 0.05) is 0 Å². The van der Waals surface area contributed by atoms with Gasteiger partial charge in [-0.1, -0.05) is 5.57 Å². The van der Waals surface area contributed by atoms with Crippen molar-refractivity contribution in [2.24, 2.45) is 0 Å². The Morgan fingerprint density at radius 2 is 1.94 bits per heavy atom. The average molecular weight is 234 g/mol. The van der Waals surface area contributed by atoms with E-state index in [-0.39, 0.29) is 22.7 Å². The number of rotatable bonds is 3. The molecule has 17 heavy (non-hydrogen) atoms. The molecule has 1 rings (SSSR count). The molecule has 0 aliphatic carbocycles. The summed E-state index contributed by atoms with van der Waals surface area (Å²) in [5.41, 5.74) is 1.14. The van der Waals surface area contributed by atoms with Crippen molar-refractivity contribution in [3.05, 3.63) is 41.0 Å². The van der Waals surface area contributed by atoms with E-state index in [9.17, 15) is 14.7 Å². The predicted octanol–water partition coefficient (Wildman–Crippen LogP) is 2.33. The maximum atomic E-state index is 11.8. The van der Waals surface area contributed by atoms with Gasteiger partial charge in [0.15, 0.2) is 5.78 Å². The Bertz CT molecular complexity index is 482. The van der Waals surface area contributed by atoms with Crippen LogP contribution in [0.5, 0.6) is 5.75 Å². The van der Waals surface area contributed by atoms with Gasteiger partial charge in [-0.2, -0.15) is 0 Å². The number of aromatic hydroxyl groups is 1. The van der Waals surface area contributed by atoms with Crippen molar-refractivity contribution in [3.63, 3.8) is 0 Å². The smallest absolute Gasteiger partial charge is 0.337 e. The van der Waals surface area contributed by atoms with Crippen LogP contribution >= 0.6 is 0 Å². The normalized spacial score (nSPS) is 9.59. The van der Waals surface area contributed by atoms with Crippen molar-refractivity contribution in [2.75, 3.05) is 7.11 Å². The highest BCUT2D eigenvalue weighted by Crippen LogP contribution is 2.20. The zero-order chi connectivity index (χ0) is 13.0. The first-order chi connectivity index (χ1) is 7.95. The highest BCUT2D eigenvalue weighted by molar-refractivity contribution is 6.08. The van der Waals surface area contributed by atoms with E-state index in [2.05, 4.69) is 4.74 Å². The summed E-state index contributed by atoms with van der Waals surface area (Å²) in [5.74, 6) is -1.04. The predicted molar refractivity (Wildman–Crippen MR) is 63.2 cm³/mol. The first-order valence-electron chi connectivity index (χ1n) is 5.06. The molecule has 0 radical (unpaired) electrons. The van der Waals surface area contributed by atoms with Gasteiger partial charge in [0.2, 0.25) is 0 Å². The molecule has 1 N–H and O–H groups in total. The molecule has 4 heteroatoms. The monoisotopic (exact) mass is 234 g/mol. The van der Waals surface area contributed by atoms with Gasteiger partial charge in [-0.3, -0.25) is 4.79 Å². The summed E-state index contributed by atoms with van der Waals surface area (Å²) >= 11 is 0. The molecule has 1 aromatic rings. The summed E-state index contributed by atoms with van der Waals surface area (Å²) in [4.78, 5) is 23.0. The van der Waals surface area contributed by atoms with E-state index in [1.165, 1.54) is 31.4 Å². The second-order valence-corrected chi connectivity index (χ2v) is 3.81. The largest absolute Gasteiger partial charge is 0.507 e. The third-order valence-electron chi connectivity index (χ3n) is 2.10. The van der Waals surface area contributed by atoms with Crippen LogP contribution in [0.2, 0.25) is 0 Å². The molecule has 90 valence electrons. The number of hydrogen-bond acceptors (Lipinski definition) is 4. The van der Waals surface area contributed by atoms with Crippen LogP contribution in [-0.2, 0) is 4.74 Å². The van der Waals surface area contributed by atoms with Gasteiger partial charge < -0.3 is 9.84 Å². The zero-order valence-electron chi connectivity index (χ0n) is 9.98. The van der Waals surface area contributed by atoms with Crippen LogP contribution in [0.25, 0.3) is 0 Å². The minimum absolute atomic E-state index is 0.0918. The summed E-state index contributed by atoms with van der Waals surface area (Å²) in [5, 5.41) is 9.57. The second-order valence-electron chi connectivity index (χ2n) is 3.81. The van der Waals surface area contributed by atoms with Gasteiger partial charge >= 0.3 is 5.97 Å². The Labute approximate surface area is 99.5 Å². The molecule has 0 aromatic heterocycles. The number of allylic oxidation sites excluding steroid dienone is 2. The van der Waals surface area contributed by atoms with Crippen molar-refractivity contribution >= 4 is 11.8 Å². The number of hydrogen-bond donors (Lipinski definition) is 1. The summed E-state index contributed by atoms with van der Waals surface area (Å²) in [6, 6.07) is 4.03. The summed E-state index contributed by atoms with van der Waals surface area (Å²) in [6.07, 6.45) is 1.40. The molecule has 0 aliphatic rings. The van der Waals surface area contributed by atoms with Crippen molar-refractivity contribution in [1.29, 1.82) is 0 Å². The average Bonchev–Trinajstić information content (AvgIpc) is 2.27. The van der Waals surface area contributed by atoms with Gasteiger partial charge in [0.25, 0.3) is 0 Å². The van der Waals surface area contributed by atoms with Crippen LogP contribution < -0.4 is 0 Å². The number of ether oxygens (including phenoxy) is 1. The van der Waals surface area contributed by atoms with E-state index in [0.717, 1.165) is 5.57 Å². The Morgan fingerprint density at radius 1 is 1.29 bits per heavy atom. The summed E-state index contributed by atoms with van der Waals surface area (Å²) in [7, 11) is 1.26. The topological polar surface area (TPSA) is 63.6 Å². The standard InChI is InChI=1S/C13H14O4/c1-8(2)6-12(15)10-7-9(13(16)17-3)4-5-11(10)14/h4-7,14H,1-3H3. The molecule has 0 unspecified atom stereocenters. The molecule has 4 nitrogen and oxygen atoms in total. The van der Waals surface area contributed by atoms with Crippen molar-refractivity contribution in [1.82, 2.24) is 0 Å². The number of carbonyl (C=O) groups is 2. The van der Waals surface area contributed by atoms with Crippen molar-refractivity contribution in [2.45, 2.75) is 13.8 Å². The Morgan fingerprint density at radius 3 is 2.47 bits per heavy atom. The third kappa shape index (κ3) is 3.17. The first kappa shape index (κ1) is 13.0. The van der Waals surface area contributed by atoms with E-state index in [1.807, 2.05) is 0 Å². The number of benzene rings is 1. The molecule has 0 saturated carbocycles. The van der Waals surface area contributed by atoms with E-state index >= 15 is 0 Å². The van der Waals surface area contributed by atoms with Gasteiger partial charge in [-0.25, -0.2) is 4.79 Å². The van der Waals surface area contributed by atoms with Crippen LogP contribution in [0.4, 0.5) is 0 Å². The molecule has 0 heterocycles. The van der Waals surface area contributed by atoms with Crippen LogP contribution in [0, 0.1) is 0 Å². The molecule has 0 saturated heterocycles. The summed E-state index contributed by atoms with van der Waals surface area (Å²) < 4.78 is 4.54. The van der Waals surface area contributed by atoms with Crippen LogP contribution in [0.3, 0.4) is 0 Å².